The topological polar surface area (TPSA) is 146 Å². The number of nitro benzene ring substituents is 1. The molecule has 9 heteroatoms. The summed E-state index contributed by atoms with van der Waals surface area (Å²) >= 11 is 0. The molecule has 3 N–H and O–H groups in total. The number of benzene rings is 2. The van der Waals surface area contributed by atoms with Crippen molar-refractivity contribution >= 4 is 11.8 Å². The van der Waals surface area contributed by atoms with Crippen LogP contribution in [-0.2, 0) is 18.0 Å². The fourth-order valence-corrected chi connectivity index (χ4v) is 3.96. The molecule has 1 aliphatic rings. The summed E-state index contributed by atoms with van der Waals surface area (Å²) in [5.41, 5.74) is 1.06. The number of aliphatic hydroxyl groups excluding tert-OH is 2. The van der Waals surface area contributed by atoms with Gasteiger partial charge in [-0.3, -0.25) is 10.1 Å². The van der Waals surface area contributed by atoms with Gasteiger partial charge in [-0.1, -0.05) is 31.4 Å². The zero-order valence-corrected chi connectivity index (χ0v) is 17.5. The number of carbonyl (C=O) groups excluding carboxylic acids is 1. The molecule has 168 valence electrons. The van der Waals surface area contributed by atoms with Gasteiger partial charge in [0.05, 0.1) is 35.3 Å². The van der Waals surface area contributed by atoms with Gasteiger partial charge in [0, 0.05) is 12.1 Å². The van der Waals surface area contributed by atoms with E-state index in [4.69, 9.17) is 10.00 Å². The van der Waals surface area contributed by atoms with Crippen molar-refractivity contribution < 1.29 is 24.7 Å². The molecule has 2 aromatic carbocycles. The second-order valence-corrected chi connectivity index (χ2v) is 7.75. The van der Waals surface area contributed by atoms with Crippen LogP contribution in [0.3, 0.4) is 0 Å². The molecule has 1 saturated carbocycles. The van der Waals surface area contributed by atoms with E-state index < -0.39 is 30.3 Å². The van der Waals surface area contributed by atoms with E-state index in [1.54, 1.807) is 12.1 Å². The van der Waals surface area contributed by atoms with Crippen LogP contribution < -0.4 is 5.32 Å². The number of rotatable bonds is 7. The Morgan fingerprint density at radius 1 is 1.16 bits per heavy atom. The van der Waals surface area contributed by atoms with E-state index in [0.29, 0.717) is 16.7 Å². The Balaban J connectivity index is 2.02. The highest BCUT2D eigenvalue weighted by atomic mass is 16.6. The quantitative estimate of drug-likeness (QED) is 0.441. The number of nitrogens with one attached hydrogen (secondary N) is 1. The molecular weight excluding hydrogens is 414 g/mol. The zero-order chi connectivity index (χ0) is 23.1. The molecule has 0 aliphatic heterocycles. The minimum atomic E-state index is -1.15. The predicted octanol–water partition coefficient (Wildman–Crippen LogP) is 3.60. The average Bonchev–Trinajstić information content (AvgIpc) is 2.82. The van der Waals surface area contributed by atoms with E-state index in [1.807, 2.05) is 6.07 Å². The summed E-state index contributed by atoms with van der Waals surface area (Å²) in [5.74, 6) is 0. The molecule has 0 spiro atoms. The van der Waals surface area contributed by atoms with Gasteiger partial charge in [-0.25, -0.2) is 4.79 Å². The molecule has 9 nitrogen and oxygen atoms in total. The Kier molecular flexibility index (Phi) is 7.76. The van der Waals surface area contributed by atoms with E-state index in [2.05, 4.69) is 5.32 Å². The first kappa shape index (κ1) is 23.2. The number of ether oxygens (including phenoxy) is 1. The predicted molar refractivity (Wildman–Crippen MR) is 114 cm³/mol. The lowest BCUT2D eigenvalue weighted by Crippen LogP contribution is -2.37. The van der Waals surface area contributed by atoms with Crippen molar-refractivity contribution in [1.29, 1.82) is 5.26 Å². The number of nitro groups is 1. The molecule has 0 aromatic heterocycles. The van der Waals surface area contributed by atoms with Gasteiger partial charge >= 0.3 is 6.09 Å². The molecule has 32 heavy (non-hydrogen) atoms. The summed E-state index contributed by atoms with van der Waals surface area (Å²) in [4.78, 5) is 23.9. The van der Waals surface area contributed by atoms with Crippen molar-refractivity contribution in [3.63, 3.8) is 0 Å². The summed E-state index contributed by atoms with van der Waals surface area (Å²) < 4.78 is 5.68. The molecule has 3 rings (SSSR count). The Bertz CT molecular complexity index is 1010. The van der Waals surface area contributed by atoms with Crippen LogP contribution in [0.2, 0.25) is 0 Å². The monoisotopic (exact) mass is 439 g/mol. The molecule has 0 saturated heterocycles. The third-order valence-electron chi connectivity index (χ3n) is 5.66. The summed E-state index contributed by atoms with van der Waals surface area (Å²) in [6, 6.07) is 10.7. The highest BCUT2D eigenvalue weighted by molar-refractivity contribution is 5.69. The Morgan fingerprint density at radius 3 is 2.34 bits per heavy atom. The van der Waals surface area contributed by atoms with Gasteiger partial charge in [-0.2, -0.15) is 5.26 Å². The van der Waals surface area contributed by atoms with E-state index in [-0.39, 0.29) is 22.9 Å². The van der Waals surface area contributed by atoms with Crippen LogP contribution in [-0.4, -0.2) is 27.3 Å². The van der Waals surface area contributed by atoms with Crippen molar-refractivity contribution in [3.05, 3.63) is 74.3 Å². The van der Waals surface area contributed by atoms with Gasteiger partial charge in [0.25, 0.3) is 5.69 Å². The molecule has 1 unspecified atom stereocenters. The van der Waals surface area contributed by atoms with Crippen LogP contribution >= 0.6 is 0 Å². The molecule has 1 aliphatic carbocycles. The van der Waals surface area contributed by atoms with Crippen molar-refractivity contribution in [2.24, 2.45) is 0 Å². The molecular formula is C23H25N3O6. The first-order chi connectivity index (χ1) is 15.5. The molecule has 0 radical (unpaired) electrons. The number of aliphatic hydroxyl groups is 2. The van der Waals surface area contributed by atoms with Crippen molar-refractivity contribution in [2.75, 3.05) is 0 Å². The maximum Gasteiger partial charge on any atom is 0.408 e. The van der Waals surface area contributed by atoms with E-state index >= 15 is 0 Å². The standard InChI is InChI=1S/C23H25N3O6/c24-12-15-6-8-16(9-7-15)22(32-23(29)25-19-4-2-1-3-5-19)20-10-17(13-27)18(14-28)11-21(20)26(30)31/h6-11,19,22,27-28H,1-5,13-14H2,(H,25,29). The van der Waals surface area contributed by atoms with Gasteiger partial charge < -0.3 is 20.3 Å². The van der Waals surface area contributed by atoms with Crippen molar-refractivity contribution in [2.45, 2.75) is 57.5 Å². The number of nitriles is 1. The van der Waals surface area contributed by atoms with Gasteiger partial charge in [-0.05, 0) is 47.7 Å². The molecule has 1 fully saturated rings. The third kappa shape index (κ3) is 5.41. The average molecular weight is 439 g/mol. The number of alkyl carbamates (subject to hydrolysis) is 1. The third-order valence-corrected chi connectivity index (χ3v) is 5.66. The lowest BCUT2D eigenvalue weighted by Gasteiger charge is -2.25. The molecule has 2 aromatic rings. The second-order valence-electron chi connectivity index (χ2n) is 7.75. The number of hydrogen-bond acceptors (Lipinski definition) is 7. The fraction of sp³-hybridized carbons (Fsp3) is 0.391. The number of hydrogen-bond donors (Lipinski definition) is 3. The SMILES string of the molecule is N#Cc1ccc(C(OC(=O)NC2CCCCC2)c2cc(CO)c(CO)cc2[N+](=O)[O-])cc1. The van der Waals surface area contributed by atoms with Gasteiger partial charge in [0.2, 0.25) is 0 Å². The Hall–Kier alpha value is -3.48. The summed E-state index contributed by atoms with van der Waals surface area (Å²) in [6.45, 7) is -0.934. The highest BCUT2D eigenvalue weighted by Gasteiger charge is 2.30. The highest BCUT2D eigenvalue weighted by Crippen LogP contribution is 2.35. The first-order valence-corrected chi connectivity index (χ1v) is 10.5. The van der Waals surface area contributed by atoms with Gasteiger partial charge in [0.15, 0.2) is 6.10 Å². The minimum Gasteiger partial charge on any atom is -0.436 e. The van der Waals surface area contributed by atoms with Crippen LogP contribution in [0.15, 0.2) is 36.4 Å². The number of nitrogens with zero attached hydrogens (tertiary/aromatic N) is 2. The molecule has 1 atom stereocenters. The fourth-order valence-electron chi connectivity index (χ4n) is 3.96. The first-order valence-electron chi connectivity index (χ1n) is 10.5. The van der Waals surface area contributed by atoms with Crippen LogP contribution in [0.25, 0.3) is 0 Å². The normalized spacial score (nSPS) is 14.9. The summed E-state index contributed by atoms with van der Waals surface area (Å²) in [6.07, 6.45) is 2.99. The van der Waals surface area contributed by atoms with Crippen molar-refractivity contribution in [1.82, 2.24) is 5.32 Å². The van der Waals surface area contributed by atoms with Gasteiger partial charge in [-0.15, -0.1) is 0 Å². The summed E-state index contributed by atoms with van der Waals surface area (Å²) in [7, 11) is 0. The maximum absolute atomic E-state index is 12.7. The van der Waals surface area contributed by atoms with Crippen molar-refractivity contribution in [3.8, 4) is 6.07 Å². The van der Waals surface area contributed by atoms with Crippen LogP contribution in [0.1, 0.15) is 66.0 Å². The Morgan fingerprint density at radius 2 is 1.78 bits per heavy atom. The smallest absolute Gasteiger partial charge is 0.408 e. The zero-order valence-electron chi connectivity index (χ0n) is 17.5. The van der Waals surface area contributed by atoms with E-state index in [0.717, 1.165) is 32.1 Å². The number of carbonyl (C=O) groups is 1. The summed E-state index contributed by atoms with van der Waals surface area (Å²) in [5, 5.41) is 42.9. The Labute approximate surface area is 185 Å². The number of amides is 1. The van der Waals surface area contributed by atoms with E-state index in [1.165, 1.54) is 24.3 Å². The minimum absolute atomic E-state index is 0.0161. The lowest BCUT2D eigenvalue weighted by molar-refractivity contribution is -0.386. The van der Waals surface area contributed by atoms with Crippen LogP contribution in [0.5, 0.6) is 0 Å². The van der Waals surface area contributed by atoms with Crippen LogP contribution in [0.4, 0.5) is 10.5 Å². The largest absolute Gasteiger partial charge is 0.436 e. The van der Waals surface area contributed by atoms with Crippen LogP contribution in [0, 0.1) is 21.4 Å². The molecule has 0 bridgehead atoms. The van der Waals surface area contributed by atoms with E-state index in [9.17, 15) is 25.1 Å². The van der Waals surface area contributed by atoms with Gasteiger partial charge in [0.1, 0.15) is 0 Å². The molecule has 0 heterocycles. The second kappa shape index (κ2) is 10.7. The maximum atomic E-state index is 12.7. The lowest BCUT2D eigenvalue weighted by atomic mass is 9.94. The molecule has 1 amide bonds.